The fraction of sp³-hybridized carbons (Fsp3) is 1.00. The largest absolute Gasteiger partial charge is 0.302 e. The van der Waals surface area contributed by atoms with E-state index < -0.39 is 10.2 Å². The smallest absolute Gasteiger partial charge is 0.195 e. The zero-order chi connectivity index (χ0) is 7.12. The summed E-state index contributed by atoms with van der Waals surface area (Å²) in [5.74, 6) is -0.292. The van der Waals surface area contributed by atoms with Crippen molar-refractivity contribution in [1.29, 1.82) is 0 Å². The molecule has 1 rings (SSSR count). The van der Waals surface area contributed by atoms with Crippen LogP contribution in [0, 0.1) is 5.41 Å². The van der Waals surface area contributed by atoms with Gasteiger partial charge in [0.25, 0.3) is 0 Å². The first-order chi connectivity index (χ1) is 3.91. The second-order valence-electron chi connectivity index (χ2n) is 2.99. The fourth-order valence-electron chi connectivity index (χ4n) is 0.774. The van der Waals surface area contributed by atoms with Crippen LogP contribution < -0.4 is 0 Å². The predicted octanol–water partition coefficient (Wildman–Crippen LogP) is 1.09. The number of hydrogen-bond acceptors (Lipinski definition) is 2. The van der Waals surface area contributed by atoms with E-state index in [1.165, 1.54) is 0 Å². The van der Waals surface area contributed by atoms with Crippen LogP contribution in [-0.4, -0.2) is 14.2 Å². The molecule has 1 aliphatic carbocycles. The van der Waals surface area contributed by atoms with Crippen molar-refractivity contribution in [3.63, 3.8) is 0 Å². The topological polar surface area (TPSA) is 34.1 Å². The Morgan fingerprint density at radius 3 is 2.11 bits per heavy atom. The summed E-state index contributed by atoms with van der Waals surface area (Å²) in [6.45, 7) is 1.78. The van der Waals surface area contributed by atoms with Gasteiger partial charge in [-0.25, -0.2) is 0 Å². The van der Waals surface area contributed by atoms with E-state index in [9.17, 15) is 12.3 Å². The Hall–Kier alpha value is -0.120. The molecule has 0 atom stereocenters. The van der Waals surface area contributed by atoms with E-state index in [0.29, 0.717) is 0 Å². The van der Waals surface area contributed by atoms with E-state index in [2.05, 4.69) is 0 Å². The monoisotopic (exact) mass is 152 g/mol. The summed E-state index contributed by atoms with van der Waals surface area (Å²) in [6, 6.07) is 0. The summed E-state index contributed by atoms with van der Waals surface area (Å²) in [6.07, 6.45) is 1.69. The molecular weight excluding hydrogens is 143 g/mol. The van der Waals surface area contributed by atoms with Crippen molar-refractivity contribution < 1.29 is 12.3 Å². The summed E-state index contributed by atoms with van der Waals surface area (Å²) in [5, 5.41) is 0. The molecule has 0 heterocycles. The zero-order valence-corrected chi connectivity index (χ0v) is 6.04. The Labute approximate surface area is 54.3 Å². The van der Waals surface area contributed by atoms with Crippen LogP contribution in [0.5, 0.6) is 0 Å². The first-order valence-corrected chi connectivity index (χ1v) is 4.39. The molecule has 4 heteroatoms. The Kier molecular flexibility index (Phi) is 1.31. The lowest BCUT2D eigenvalue weighted by molar-refractivity contribution is 0.527. The molecule has 0 unspecified atom stereocenters. The van der Waals surface area contributed by atoms with Gasteiger partial charge in [0.15, 0.2) is 0 Å². The maximum absolute atomic E-state index is 11.9. The third kappa shape index (κ3) is 2.30. The molecule has 0 radical (unpaired) electrons. The second kappa shape index (κ2) is 1.68. The molecule has 0 amide bonds. The lowest BCUT2D eigenvalue weighted by Gasteiger charge is -2.00. The molecule has 0 saturated heterocycles. The van der Waals surface area contributed by atoms with Crippen molar-refractivity contribution in [3.05, 3.63) is 0 Å². The second-order valence-corrected chi connectivity index (χ2v) is 4.36. The standard InChI is InChI=1S/C5H9FO2S/c1-5(2-3-5)4-9(6,7)8/h2-4H2,1H3. The highest BCUT2D eigenvalue weighted by molar-refractivity contribution is 7.86. The Morgan fingerprint density at radius 1 is 1.56 bits per heavy atom. The minimum atomic E-state index is -4.22. The minimum absolute atomic E-state index is 0.229. The van der Waals surface area contributed by atoms with Gasteiger partial charge in [0.05, 0.1) is 5.75 Å². The Bertz CT molecular complexity index is 203. The Balaban J connectivity index is 2.53. The van der Waals surface area contributed by atoms with E-state index in [-0.39, 0.29) is 11.2 Å². The molecular formula is C5H9FO2S. The van der Waals surface area contributed by atoms with Gasteiger partial charge < -0.3 is 0 Å². The molecule has 0 spiro atoms. The summed E-state index contributed by atoms with van der Waals surface area (Å²) in [4.78, 5) is 0. The molecule has 0 aromatic rings. The highest BCUT2D eigenvalue weighted by atomic mass is 32.3. The van der Waals surface area contributed by atoms with Gasteiger partial charge in [-0.15, -0.1) is 3.89 Å². The van der Waals surface area contributed by atoms with E-state index >= 15 is 0 Å². The predicted molar refractivity (Wildman–Crippen MR) is 32.2 cm³/mol. The zero-order valence-electron chi connectivity index (χ0n) is 5.22. The molecule has 1 saturated carbocycles. The van der Waals surface area contributed by atoms with E-state index in [1.54, 1.807) is 6.92 Å². The molecule has 1 aliphatic rings. The summed E-state index contributed by atoms with van der Waals surface area (Å²) in [5.41, 5.74) is -0.229. The van der Waals surface area contributed by atoms with Gasteiger partial charge in [0, 0.05) is 0 Å². The molecule has 0 aromatic heterocycles. The van der Waals surface area contributed by atoms with Gasteiger partial charge in [-0.3, -0.25) is 0 Å². The summed E-state index contributed by atoms with van der Waals surface area (Å²) >= 11 is 0. The first-order valence-electron chi connectivity index (χ1n) is 2.84. The Morgan fingerprint density at radius 2 is 2.00 bits per heavy atom. The molecule has 2 nitrogen and oxygen atoms in total. The van der Waals surface area contributed by atoms with Crippen molar-refractivity contribution in [3.8, 4) is 0 Å². The molecule has 0 aromatic carbocycles. The molecule has 0 N–H and O–H groups in total. The number of halogens is 1. The van der Waals surface area contributed by atoms with Crippen LogP contribution in [0.2, 0.25) is 0 Å². The lowest BCUT2D eigenvalue weighted by atomic mass is 10.2. The highest BCUT2D eigenvalue weighted by Gasteiger charge is 2.41. The van der Waals surface area contributed by atoms with Crippen LogP contribution in [-0.2, 0) is 10.2 Å². The first kappa shape index (κ1) is 6.99. The molecule has 1 fully saturated rings. The average molecular weight is 152 g/mol. The van der Waals surface area contributed by atoms with Crippen LogP contribution in [0.4, 0.5) is 3.89 Å². The number of rotatable bonds is 2. The van der Waals surface area contributed by atoms with Gasteiger partial charge in [-0.1, -0.05) is 6.92 Å². The lowest BCUT2D eigenvalue weighted by Crippen LogP contribution is -2.08. The van der Waals surface area contributed by atoms with E-state index in [1.807, 2.05) is 0 Å². The van der Waals surface area contributed by atoms with E-state index in [4.69, 9.17) is 0 Å². The van der Waals surface area contributed by atoms with Crippen LogP contribution >= 0.6 is 0 Å². The SMILES string of the molecule is CC1(CS(=O)(=O)F)CC1. The third-order valence-electron chi connectivity index (χ3n) is 1.62. The molecule has 54 valence electrons. The molecule has 0 aliphatic heterocycles. The highest BCUT2D eigenvalue weighted by Crippen LogP contribution is 2.46. The van der Waals surface area contributed by atoms with Crippen molar-refractivity contribution in [1.82, 2.24) is 0 Å². The summed E-state index contributed by atoms with van der Waals surface area (Å²) in [7, 11) is -4.22. The van der Waals surface area contributed by atoms with Crippen molar-refractivity contribution in [2.75, 3.05) is 5.75 Å². The maximum Gasteiger partial charge on any atom is 0.302 e. The number of hydrogen-bond donors (Lipinski definition) is 0. The van der Waals surface area contributed by atoms with Crippen LogP contribution in [0.15, 0.2) is 0 Å². The van der Waals surface area contributed by atoms with Crippen LogP contribution in [0.1, 0.15) is 19.8 Å². The van der Waals surface area contributed by atoms with Gasteiger partial charge in [0.1, 0.15) is 0 Å². The fourth-order valence-corrected chi connectivity index (χ4v) is 1.90. The maximum atomic E-state index is 11.9. The quantitative estimate of drug-likeness (QED) is 0.555. The van der Waals surface area contributed by atoms with Crippen molar-refractivity contribution in [2.45, 2.75) is 19.8 Å². The van der Waals surface area contributed by atoms with Gasteiger partial charge in [-0.05, 0) is 18.3 Å². The van der Waals surface area contributed by atoms with E-state index in [0.717, 1.165) is 12.8 Å². The minimum Gasteiger partial charge on any atom is -0.195 e. The van der Waals surface area contributed by atoms with Crippen LogP contribution in [0.3, 0.4) is 0 Å². The normalized spacial score (nSPS) is 23.8. The van der Waals surface area contributed by atoms with Gasteiger partial charge in [-0.2, -0.15) is 8.42 Å². The average Bonchev–Trinajstić information content (AvgIpc) is 2.12. The summed E-state index contributed by atoms with van der Waals surface area (Å²) < 4.78 is 31.9. The van der Waals surface area contributed by atoms with Gasteiger partial charge >= 0.3 is 10.2 Å². The molecule has 0 bridgehead atoms. The molecule has 9 heavy (non-hydrogen) atoms. The van der Waals surface area contributed by atoms with Gasteiger partial charge in [0.2, 0.25) is 0 Å². The van der Waals surface area contributed by atoms with Crippen molar-refractivity contribution in [2.24, 2.45) is 5.41 Å². The third-order valence-corrected chi connectivity index (χ3v) is 2.67. The van der Waals surface area contributed by atoms with Crippen molar-refractivity contribution >= 4 is 10.2 Å². The van der Waals surface area contributed by atoms with Crippen LogP contribution in [0.25, 0.3) is 0 Å².